The number of thiazole rings is 1. The maximum absolute atomic E-state index is 10.6. The molecule has 23 heavy (non-hydrogen) atoms. The molecule has 1 fully saturated rings. The minimum atomic E-state index is -5.08. The molecule has 2 rings (SSSR count). The van der Waals surface area contributed by atoms with E-state index in [1.54, 1.807) is 6.20 Å². The summed E-state index contributed by atoms with van der Waals surface area (Å²) in [6, 6.07) is 0. The monoisotopic (exact) mass is 355 g/mol. The molecule has 1 aromatic heterocycles. The van der Waals surface area contributed by atoms with Crippen LogP contribution < -0.4 is 0 Å². The van der Waals surface area contributed by atoms with Crippen molar-refractivity contribution in [2.75, 3.05) is 6.61 Å². The second-order valence-corrected chi connectivity index (χ2v) is 7.15. The van der Waals surface area contributed by atoms with Gasteiger partial charge in [0.1, 0.15) is 10.6 Å². The summed E-state index contributed by atoms with van der Waals surface area (Å²) < 4.78 is 31.7. The summed E-state index contributed by atoms with van der Waals surface area (Å²) in [5.41, 5.74) is -0.823. The number of alkyl halides is 3. The first-order chi connectivity index (χ1) is 10.4. The van der Waals surface area contributed by atoms with Gasteiger partial charge in [0.05, 0.1) is 0 Å². The predicted molar refractivity (Wildman–Crippen MR) is 77.9 cm³/mol. The van der Waals surface area contributed by atoms with E-state index >= 15 is 0 Å². The molecule has 1 heterocycles. The van der Waals surface area contributed by atoms with E-state index in [9.17, 15) is 23.4 Å². The zero-order valence-corrected chi connectivity index (χ0v) is 13.6. The first-order valence-electron chi connectivity index (χ1n) is 6.96. The fourth-order valence-electron chi connectivity index (χ4n) is 2.76. The van der Waals surface area contributed by atoms with Gasteiger partial charge in [-0.2, -0.15) is 13.2 Å². The van der Waals surface area contributed by atoms with E-state index < -0.39 is 17.7 Å². The van der Waals surface area contributed by atoms with Gasteiger partial charge in [-0.25, -0.2) is 9.78 Å². The standard InChI is InChI=1S/C12H19NO2S.C2HF3O2/c1-11(2)8-12(15,4-3-9(11)7-14)10-13-5-6-16-10;3-2(4,5)1(6)7/h5-6,9,14-15H,3-4,7-8H2,1-2H3;(H,6,7)/t9-,12-;/m0./s1. The van der Waals surface area contributed by atoms with Gasteiger partial charge < -0.3 is 15.3 Å². The SMILES string of the molecule is CC1(C)C[C@](O)(c2nccs2)CC[C@H]1CO.O=C(O)C(F)(F)F. The molecule has 2 atom stereocenters. The first-order valence-corrected chi connectivity index (χ1v) is 7.83. The second-order valence-electron chi connectivity index (χ2n) is 6.26. The van der Waals surface area contributed by atoms with Gasteiger partial charge in [-0.15, -0.1) is 11.3 Å². The van der Waals surface area contributed by atoms with Crippen molar-refractivity contribution in [3.05, 3.63) is 16.6 Å². The third kappa shape index (κ3) is 5.15. The summed E-state index contributed by atoms with van der Waals surface area (Å²) >= 11 is 1.51. The molecule has 0 radical (unpaired) electrons. The van der Waals surface area contributed by atoms with E-state index in [1.165, 1.54) is 11.3 Å². The zero-order chi connectivity index (χ0) is 17.9. The quantitative estimate of drug-likeness (QED) is 0.759. The molecule has 1 saturated carbocycles. The van der Waals surface area contributed by atoms with Crippen LogP contribution in [-0.4, -0.2) is 39.1 Å². The van der Waals surface area contributed by atoms with Gasteiger partial charge >= 0.3 is 12.1 Å². The largest absolute Gasteiger partial charge is 0.490 e. The Hall–Kier alpha value is -1.19. The van der Waals surface area contributed by atoms with Crippen LogP contribution in [-0.2, 0) is 10.4 Å². The molecule has 132 valence electrons. The average molecular weight is 355 g/mol. The number of aliphatic hydroxyl groups excluding tert-OH is 1. The van der Waals surface area contributed by atoms with Crippen LogP contribution in [0.2, 0.25) is 0 Å². The predicted octanol–water partition coefficient (Wildman–Crippen LogP) is 2.78. The average Bonchev–Trinajstić information content (AvgIpc) is 2.91. The van der Waals surface area contributed by atoms with E-state index in [0.717, 1.165) is 11.4 Å². The lowest BCUT2D eigenvalue weighted by Crippen LogP contribution is -2.43. The van der Waals surface area contributed by atoms with E-state index in [2.05, 4.69) is 18.8 Å². The van der Waals surface area contributed by atoms with Crippen LogP contribution >= 0.6 is 11.3 Å². The van der Waals surface area contributed by atoms with Gasteiger partial charge in [0.2, 0.25) is 0 Å². The molecule has 0 aliphatic heterocycles. The Kier molecular flexibility index (Phi) is 6.17. The topological polar surface area (TPSA) is 90.7 Å². The zero-order valence-electron chi connectivity index (χ0n) is 12.8. The number of hydrogen-bond acceptors (Lipinski definition) is 5. The van der Waals surface area contributed by atoms with Crippen molar-refractivity contribution in [2.45, 2.75) is 44.9 Å². The molecule has 1 aliphatic rings. The number of aliphatic hydroxyl groups is 2. The molecule has 1 aliphatic carbocycles. The summed E-state index contributed by atoms with van der Waals surface area (Å²) in [5.74, 6) is -2.47. The van der Waals surface area contributed by atoms with Crippen LogP contribution in [0.25, 0.3) is 0 Å². The lowest BCUT2D eigenvalue weighted by molar-refractivity contribution is -0.192. The summed E-state index contributed by atoms with van der Waals surface area (Å²) in [6.45, 7) is 4.44. The van der Waals surface area contributed by atoms with Gasteiger partial charge in [0, 0.05) is 18.2 Å². The molecule has 0 amide bonds. The highest BCUT2D eigenvalue weighted by Gasteiger charge is 2.46. The Bertz CT molecular complexity index is 519. The van der Waals surface area contributed by atoms with Crippen LogP contribution in [0.3, 0.4) is 0 Å². The normalized spacial score (nSPS) is 27.0. The molecule has 1 aromatic rings. The molecule has 5 nitrogen and oxygen atoms in total. The number of hydrogen-bond donors (Lipinski definition) is 3. The first kappa shape index (κ1) is 19.9. The van der Waals surface area contributed by atoms with Gasteiger partial charge in [-0.05, 0) is 30.6 Å². The molecule has 0 spiro atoms. The lowest BCUT2D eigenvalue weighted by Gasteiger charge is -2.45. The highest BCUT2D eigenvalue weighted by atomic mass is 32.1. The number of rotatable bonds is 2. The van der Waals surface area contributed by atoms with E-state index in [4.69, 9.17) is 9.90 Å². The summed E-state index contributed by atoms with van der Waals surface area (Å²) in [7, 11) is 0. The number of aromatic nitrogens is 1. The highest BCUT2D eigenvalue weighted by Crippen LogP contribution is 2.49. The van der Waals surface area contributed by atoms with Gasteiger partial charge in [0.25, 0.3) is 0 Å². The van der Waals surface area contributed by atoms with E-state index in [1.807, 2.05) is 5.38 Å². The van der Waals surface area contributed by atoms with E-state index in [-0.39, 0.29) is 17.9 Å². The molecular formula is C14H20F3NO4S. The van der Waals surface area contributed by atoms with Gasteiger partial charge in [0.15, 0.2) is 0 Å². The van der Waals surface area contributed by atoms with Crippen molar-refractivity contribution in [3.63, 3.8) is 0 Å². The van der Waals surface area contributed by atoms with Crippen LogP contribution in [0.4, 0.5) is 13.2 Å². The lowest BCUT2D eigenvalue weighted by atomic mass is 9.63. The highest BCUT2D eigenvalue weighted by molar-refractivity contribution is 7.09. The fraction of sp³-hybridized carbons (Fsp3) is 0.714. The number of aliphatic carboxylic acids is 1. The molecule has 0 saturated heterocycles. The summed E-state index contributed by atoms with van der Waals surface area (Å²) in [4.78, 5) is 13.1. The van der Waals surface area contributed by atoms with E-state index in [0.29, 0.717) is 12.8 Å². The third-order valence-electron chi connectivity index (χ3n) is 4.05. The van der Waals surface area contributed by atoms with Crippen LogP contribution in [0.5, 0.6) is 0 Å². The smallest absolute Gasteiger partial charge is 0.475 e. The van der Waals surface area contributed by atoms with Crippen molar-refractivity contribution in [2.24, 2.45) is 11.3 Å². The van der Waals surface area contributed by atoms with Crippen molar-refractivity contribution in [1.82, 2.24) is 4.98 Å². The van der Waals surface area contributed by atoms with Crippen LogP contribution in [0.15, 0.2) is 11.6 Å². The van der Waals surface area contributed by atoms with Crippen molar-refractivity contribution < 1.29 is 33.3 Å². The molecule has 0 unspecified atom stereocenters. The summed E-state index contributed by atoms with van der Waals surface area (Å²) in [5, 5.41) is 29.8. The molecular weight excluding hydrogens is 335 g/mol. The van der Waals surface area contributed by atoms with Crippen LogP contribution in [0, 0.1) is 11.3 Å². The molecule has 0 aromatic carbocycles. The van der Waals surface area contributed by atoms with Gasteiger partial charge in [-0.1, -0.05) is 13.8 Å². The number of halogens is 3. The Morgan fingerprint density at radius 1 is 1.48 bits per heavy atom. The van der Waals surface area contributed by atoms with Crippen molar-refractivity contribution >= 4 is 17.3 Å². The Labute approximate surface area is 135 Å². The minimum absolute atomic E-state index is 0.0343. The maximum Gasteiger partial charge on any atom is 0.490 e. The number of carbonyl (C=O) groups is 1. The number of carboxylic acids is 1. The second kappa shape index (κ2) is 7.14. The Balaban J connectivity index is 0.000000322. The number of nitrogens with zero attached hydrogens (tertiary/aromatic N) is 1. The molecule has 3 N–H and O–H groups in total. The molecule has 0 bridgehead atoms. The maximum atomic E-state index is 10.6. The fourth-order valence-corrected chi connectivity index (χ4v) is 3.53. The van der Waals surface area contributed by atoms with Gasteiger partial charge in [-0.3, -0.25) is 0 Å². The van der Waals surface area contributed by atoms with Crippen molar-refractivity contribution in [3.8, 4) is 0 Å². The molecule has 9 heteroatoms. The Morgan fingerprint density at radius 2 is 2.04 bits per heavy atom. The van der Waals surface area contributed by atoms with Crippen LogP contribution in [0.1, 0.15) is 38.1 Å². The number of carboxylic acid groups (broad SMARTS) is 1. The third-order valence-corrected chi connectivity index (χ3v) is 5.02. The minimum Gasteiger partial charge on any atom is -0.475 e. The summed E-state index contributed by atoms with van der Waals surface area (Å²) in [6.07, 6.45) is -1.10. The Morgan fingerprint density at radius 3 is 2.39 bits per heavy atom. The van der Waals surface area contributed by atoms with Crippen molar-refractivity contribution in [1.29, 1.82) is 0 Å².